The molecular formula is C19H38N2O2. The molecule has 1 amide bonds. The molecule has 2 unspecified atom stereocenters. The van der Waals surface area contributed by atoms with Gasteiger partial charge in [0, 0.05) is 25.7 Å². The maximum atomic E-state index is 12.2. The van der Waals surface area contributed by atoms with E-state index < -0.39 is 5.60 Å². The van der Waals surface area contributed by atoms with E-state index in [-0.39, 0.29) is 6.09 Å². The second-order valence-electron chi connectivity index (χ2n) is 8.29. The van der Waals surface area contributed by atoms with E-state index in [1.54, 1.807) is 0 Å². The predicted molar refractivity (Wildman–Crippen MR) is 96.7 cm³/mol. The van der Waals surface area contributed by atoms with E-state index >= 15 is 0 Å². The average molecular weight is 327 g/mol. The highest BCUT2D eigenvalue weighted by Gasteiger charge is 2.25. The molecule has 0 saturated heterocycles. The van der Waals surface area contributed by atoms with Crippen LogP contribution in [0.5, 0.6) is 0 Å². The first-order valence-corrected chi connectivity index (χ1v) is 9.44. The zero-order valence-corrected chi connectivity index (χ0v) is 16.2. The van der Waals surface area contributed by atoms with Crippen molar-refractivity contribution in [1.29, 1.82) is 0 Å². The highest BCUT2D eigenvalue weighted by Crippen LogP contribution is 2.29. The molecule has 4 nitrogen and oxygen atoms in total. The molecule has 0 bridgehead atoms. The molecule has 1 fully saturated rings. The van der Waals surface area contributed by atoms with Gasteiger partial charge in [-0.2, -0.15) is 0 Å². The molecule has 0 aliphatic heterocycles. The molecular weight excluding hydrogens is 288 g/mol. The van der Waals surface area contributed by atoms with Crippen LogP contribution in [0.25, 0.3) is 0 Å². The molecule has 0 heterocycles. The minimum absolute atomic E-state index is 0.190. The summed E-state index contributed by atoms with van der Waals surface area (Å²) in [5, 5.41) is 3.66. The Morgan fingerprint density at radius 1 is 1.26 bits per heavy atom. The first-order chi connectivity index (χ1) is 10.7. The number of hydrogen-bond acceptors (Lipinski definition) is 3. The summed E-state index contributed by atoms with van der Waals surface area (Å²) in [5.74, 6) is 1.62. The highest BCUT2D eigenvalue weighted by atomic mass is 16.6. The summed E-state index contributed by atoms with van der Waals surface area (Å²) >= 11 is 0. The molecule has 136 valence electrons. The molecule has 1 aliphatic rings. The van der Waals surface area contributed by atoms with Crippen LogP contribution in [-0.2, 0) is 4.74 Å². The molecule has 0 aromatic rings. The van der Waals surface area contributed by atoms with Gasteiger partial charge in [-0.05, 0) is 51.9 Å². The normalized spacial score (nSPS) is 22.2. The number of carbonyl (C=O) groups excluding carboxylic acids is 1. The van der Waals surface area contributed by atoms with Crippen LogP contribution in [0.1, 0.15) is 73.6 Å². The average Bonchev–Trinajstić information content (AvgIpc) is 2.44. The third kappa shape index (κ3) is 8.05. The maximum absolute atomic E-state index is 12.2. The van der Waals surface area contributed by atoms with Crippen molar-refractivity contribution in [3.63, 3.8) is 0 Å². The molecule has 2 atom stereocenters. The Morgan fingerprint density at radius 2 is 1.96 bits per heavy atom. The van der Waals surface area contributed by atoms with Crippen LogP contribution >= 0.6 is 0 Å². The van der Waals surface area contributed by atoms with Gasteiger partial charge in [0.25, 0.3) is 0 Å². The summed E-state index contributed by atoms with van der Waals surface area (Å²) in [5.41, 5.74) is -0.426. The molecule has 0 radical (unpaired) electrons. The van der Waals surface area contributed by atoms with E-state index in [1.807, 2.05) is 25.7 Å². The van der Waals surface area contributed by atoms with Crippen LogP contribution in [-0.4, -0.2) is 42.3 Å². The number of nitrogens with zero attached hydrogens (tertiary/aromatic N) is 1. The quantitative estimate of drug-likeness (QED) is 0.752. The lowest BCUT2D eigenvalue weighted by atomic mass is 9.79. The number of hydrogen-bond donors (Lipinski definition) is 1. The molecule has 0 aromatic carbocycles. The maximum Gasteiger partial charge on any atom is 0.410 e. The Balaban J connectivity index is 2.39. The summed E-state index contributed by atoms with van der Waals surface area (Å²) in [6, 6.07) is 0.610. The number of rotatable bonds is 7. The number of carbonyl (C=O) groups is 1. The second kappa shape index (κ2) is 9.51. The lowest BCUT2D eigenvalue weighted by molar-refractivity contribution is 0.0249. The van der Waals surface area contributed by atoms with Gasteiger partial charge < -0.3 is 15.0 Å². The van der Waals surface area contributed by atoms with E-state index in [0.29, 0.717) is 6.04 Å². The summed E-state index contributed by atoms with van der Waals surface area (Å²) in [6.07, 6.45) is 6.00. The summed E-state index contributed by atoms with van der Waals surface area (Å²) < 4.78 is 5.50. The van der Waals surface area contributed by atoms with Crippen molar-refractivity contribution in [1.82, 2.24) is 10.2 Å². The van der Waals surface area contributed by atoms with Gasteiger partial charge in [0.2, 0.25) is 0 Å². The minimum atomic E-state index is -0.426. The Labute approximate surface area is 143 Å². The van der Waals surface area contributed by atoms with Gasteiger partial charge in [-0.25, -0.2) is 4.79 Å². The molecule has 1 aliphatic carbocycles. The van der Waals surface area contributed by atoms with Gasteiger partial charge in [0.1, 0.15) is 5.60 Å². The summed E-state index contributed by atoms with van der Waals surface area (Å²) in [4.78, 5) is 14.1. The lowest BCUT2D eigenvalue weighted by Gasteiger charge is -2.33. The van der Waals surface area contributed by atoms with Crippen LogP contribution in [0.4, 0.5) is 4.79 Å². The predicted octanol–water partition coefficient (Wildman–Crippen LogP) is 4.44. The van der Waals surface area contributed by atoms with E-state index in [4.69, 9.17) is 4.74 Å². The van der Waals surface area contributed by atoms with Crippen LogP contribution in [0.3, 0.4) is 0 Å². The van der Waals surface area contributed by atoms with Gasteiger partial charge in [-0.15, -0.1) is 0 Å². The molecule has 0 aromatic heterocycles. The first-order valence-electron chi connectivity index (χ1n) is 9.44. The third-order valence-corrected chi connectivity index (χ3v) is 4.62. The van der Waals surface area contributed by atoms with Crippen molar-refractivity contribution in [2.45, 2.75) is 85.3 Å². The number of ether oxygens (including phenoxy) is 1. The minimum Gasteiger partial charge on any atom is -0.444 e. The lowest BCUT2D eigenvalue weighted by Crippen LogP contribution is -2.43. The summed E-state index contributed by atoms with van der Waals surface area (Å²) in [6.45, 7) is 14.9. The zero-order valence-electron chi connectivity index (χ0n) is 16.2. The van der Waals surface area contributed by atoms with Gasteiger partial charge in [0.05, 0.1) is 0 Å². The van der Waals surface area contributed by atoms with Crippen molar-refractivity contribution < 1.29 is 9.53 Å². The third-order valence-electron chi connectivity index (χ3n) is 4.62. The van der Waals surface area contributed by atoms with Gasteiger partial charge in [-0.3, -0.25) is 0 Å². The fourth-order valence-electron chi connectivity index (χ4n) is 3.31. The summed E-state index contributed by atoms with van der Waals surface area (Å²) in [7, 11) is 0. The van der Waals surface area contributed by atoms with Crippen molar-refractivity contribution in [3.05, 3.63) is 0 Å². The van der Waals surface area contributed by atoms with E-state index in [1.165, 1.54) is 25.7 Å². The van der Waals surface area contributed by atoms with Gasteiger partial charge in [-0.1, -0.05) is 33.6 Å². The molecule has 0 spiro atoms. The Kier molecular flexibility index (Phi) is 8.38. The van der Waals surface area contributed by atoms with E-state index in [9.17, 15) is 4.79 Å². The highest BCUT2D eigenvalue weighted by molar-refractivity contribution is 5.68. The fourth-order valence-corrected chi connectivity index (χ4v) is 3.31. The standard InChI is InChI=1S/C19H38N2O2/c1-7-12-21(18(22)23-19(4,5)6)13-11-20-17-10-8-9-16(14-17)15(2)3/h15-17,20H,7-14H2,1-6H3. The van der Waals surface area contributed by atoms with Crippen molar-refractivity contribution in [2.75, 3.05) is 19.6 Å². The van der Waals surface area contributed by atoms with Crippen LogP contribution in [0, 0.1) is 11.8 Å². The largest absolute Gasteiger partial charge is 0.444 e. The molecule has 1 saturated carbocycles. The zero-order chi connectivity index (χ0) is 17.5. The fraction of sp³-hybridized carbons (Fsp3) is 0.947. The SMILES string of the molecule is CCCN(CCNC1CCCC(C(C)C)C1)C(=O)OC(C)(C)C. The Morgan fingerprint density at radius 3 is 2.52 bits per heavy atom. The molecule has 1 rings (SSSR count). The Bertz CT molecular complexity index is 350. The second-order valence-corrected chi connectivity index (χ2v) is 8.29. The Hall–Kier alpha value is -0.770. The number of amides is 1. The van der Waals surface area contributed by atoms with Crippen LogP contribution in [0.15, 0.2) is 0 Å². The molecule has 23 heavy (non-hydrogen) atoms. The van der Waals surface area contributed by atoms with Crippen LogP contribution < -0.4 is 5.32 Å². The van der Waals surface area contributed by atoms with Crippen molar-refractivity contribution in [3.8, 4) is 0 Å². The van der Waals surface area contributed by atoms with E-state index in [0.717, 1.165) is 37.9 Å². The monoisotopic (exact) mass is 326 g/mol. The molecule has 1 N–H and O–H groups in total. The van der Waals surface area contributed by atoms with Crippen molar-refractivity contribution in [2.24, 2.45) is 11.8 Å². The smallest absolute Gasteiger partial charge is 0.410 e. The van der Waals surface area contributed by atoms with Crippen molar-refractivity contribution >= 4 is 6.09 Å². The van der Waals surface area contributed by atoms with Gasteiger partial charge >= 0.3 is 6.09 Å². The van der Waals surface area contributed by atoms with E-state index in [2.05, 4.69) is 26.1 Å². The van der Waals surface area contributed by atoms with Crippen LogP contribution in [0.2, 0.25) is 0 Å². The van der Waals surface area contributed by atoms with Gasteiger partial charge in [0.15, 0.2) is 0 Å². The number of nitrogens with one attached hydrogen (secondary N) is 1. The topological polar surface area (TPSA) is 41.6 Å². The molecule has 4 heteroatoms. The first kappa shape index (κ1) is 20.3.